The molecule has 1 atom stereocenters. The molecule has 0 saturated carbocycles. The van der Waals surface area contributed by atoms with E-state index in [4.69, 9.17) is 14.2 Å². The van der Waals surface area contributed by atoms with Gasteiger partial charge in [-0.25, -0.2) is 9.59 Å². The van der Waals surface area contributed by atoms with E-state index in [1.807, 2.05) is 0 Å². The van der Waals surface area contributed by atoms with Gasteiger partial charge in [0.25, 0.3) is 0 Å². The Hall–Kier alpha value is -2.28. The summed E-state index contributed by atoms with van der Waals surface area (Å²) in [7, 11) is 1.50. The van der Waals surface area contributed by atoms with Gasteiger partial charge in [0, 0.05) is 7.11 Å². The highest BCUT2D eigenvalue weighted by atomic mass is 16.7. The molecule has 0 fully saturated rings. The predicted octanol–water partition coefficient (Wildman–Crippen LogP) is 2.32. The number of hydrogen-bond acceptors (Lipinski definition) is 5. The standard InChI is InChI=1S/C15H21NO6/c1-15(2,3)22-14(19)16-12(13(17)18)10-5-7-11(8-6-10)21-9-20-4/h5-8,12H,9H2,1-4H3,(H,16,19)(H,17,18). The Morgan fingerprint density at radius 2 is 1.82 bits per heavy atom. The second-order valence-electron chi connectivity index (χ2n) is 5.54. The first-order valence-corrected chi connectivity index (χ1v) is 6.67. The second kappa shape index (κ2) is 7.65. The molecule has 22 heavy (non-hydrogen) atoms. The Kier molecular flexibility index (Phi) is 6.18. The monoisotopic (exact) mass is 311 g/mol. The Morgan fingerprint density at radius 3 is 2.27 bits per heavy atom. The van der Waals surface area contributed by atoms with Crippen molar-refractivity contribution in [3.63, 3.8) is 0 Å². The maximum atomic E-state index is 11.7. The quantitative estimate of drug-likeness (QED) is 0.783. The number of carbonyl (C=O) groups excluding carboxylic acids is 1. The number of alkyl carbamates (subject to hydrolysis) is 1. The summed E-state index contributed by atoms with van der Waals surface area (Å²) in [5.74, 6) is -0.650. The van der Waals surface area contributed by atoms with E-state index < -0.39 is 23.7 Å². The molecule has 7 nitrogen and oxygen atoms in total. The zero-order valence-corrected chi connectivity index (χ0v) is 13.1. The molecule has 0 heterocycles. The number of amides is 1. The fourth-order valence-corrected chi connectivity index (χ4v) is 1.60. The van der Waals surface area contributed by atoms with E-state index in [2.05, 4.69) is 5.32 Å². The van der Waals surface area contributed by atoms with Crippen LogP contribution in [0, 0.1) is 0 Å². The van der Waals surface area contributed by atoms with Crippen LogP contribution in [-0.4, -0.2) is 36.7 Å². The summed E-state index contributed by atoms with van der Waals surface area (Å²) in [6, 6.07) is 5.11. The fraction of sp³-hybridized carbons (Fsp3) is 0.467. The van der Waals surface area contributed by atoms with Crippen molar-refractivity contribution in [2.75, 3.05) is 13.9 Å². The molecule has 2 N–H and O–H groups in total. The summed E-state index contributed by atoms with van der Waals surface area (Å²) >= 11 is 0. The van der Waals surface area contributed by atoms with Gasteiger partial charge in [0.05, 0.1) is 0 Å². The number of benzene rings is 1. The van der Waals surface area contributed by atoms with E-state index in [9.17, 15) is 14.7 Å². The van der Waals surface area contributed by atoms with Crippen molar-refractivity contribution in [3.8, 4) is 5.75 Å². The maximum Gasteiger partial charge on any atom is 0.408 e. The van der Waals surface area contributed by atoms with Gasteiger partial charge in [0.2, 0.25) is 0 Å². The zero-order valence-electron chi connectivity index (χ0n) is 13.1. The lowest BCUT2D eigenvalue weighted by molar-refractivity contribution is -0.139. The molecule has 0 spiro atoms. The average molecular weight is 311 g/mol. The summed E-state index contributed by atoms with van der Waals surface area (Å²) in [5.41, 5.74) is -0.298. The van der Waals surface area contributed by atoms with E-state index in [1.165, 1.54) is 7.11 Å². The first-order chi connectivity index (χ1) is 10.2. The first-order valence-electron chi connectivity index (χ1n) is 6.67. The lowest BCUT2D eigenvalue weighted by atomic mass is 10.1. The van der Waals surface area contributed by atoms with Crippen molar-refractivity contribution in [3.05, 3.63) is 29.8 Å². The molecule has 7 heteroatoms. The van der Waals surface area contributed by atoms with Crippen molar-refractivity contribution in [2.24, 2.45) is 0 Å². The number of ether oxygens (including phenoxy) is 3. The number of carboxylic acids is 1. The third kappa shape index (κ3) is 6.01. The summed E-state index contributed by atoms with van der Waals surface area (Å²) in [6.45, 7) is 5.19. The van der Waals surface area contributed by atoms with Gasteiger partial charge in [-0.15, -0.1) is 0 Å². The molecule has 1 rings (SSSR count). The third-order valence-corrected chi connectivity index (χ3v) is 2.46. The molecule has 0 saturated heterocycles. The number of aliphatic carboxylic acids is 1. The van der Waals surface area contributed by atoms with Gasteiger partial charge in [0.1, 0.15) is 11.4 Å². The van der Waals surface area contributed by atoms with E-state index in [0.29, 0.717) is 11.3 Å². The minimum absolute atomic E-state index is 0.0951. The average Bonchev–Trinajstić information content (AvgIpc) is 2.41. The maximum absolute atomic E-state index is 11.7. The second-order valence-corrected chi connectivity index (χ2v) is 5.54. The normalized spacial score (nSPS) is 12.4. The predicted molar refractivity (Wildman–Crippen MR) is 78.7 cm³/mol. The zero-order chi connectivity index (χ0) is 16.8. The van der Waals surface area contributed by atoms with Gasteiger partial charge in [-0.1, -0.05) is 12.1 Å². The van der Waals surface area contributed by atoms with Gasteiger partial charge in [-0.2, -0.15) is 0 Å². The molecule has 1 unspecified atom stereocenters. The summed E-state index contributed by atoms with van der Waals surface area (Å²) in [4.78, 5) is 23.1. The number of rotatable bonds is 6. The molecule has 0 aromatic heterocycles. The Balaban J connectivity index is 2.78. The number of hydrogen-bond donors (Lipinski definition) is 2. The fourth-order valence-electron chi connectivity index (χ4n) is 1.60. The summed E-state index contributed by atoms with van der Waals surface area (Å²) in [6.07, 6.45) is -0.792. The highest BCUT2D eigenvalue weighted by molar-refractivity contribution is 5.81. The van der Waals surface area contributed by atoms with Gasteiger partial charge >= 0.3 is 12.1 Å². The van der Waals surface area contributed by atoms with Crippen molar-refractivity contribution >= 4 is 12.1 Å². The van der Waals surface area contributed by atoms with Crippen LogP contribution in [0.4, 0.5) is 4.79 Å². The van der Waals surface area contributed by atoms with Crippen LogP contribution in [0.3, 0.4) is 0 Å². The highest BCUT2D eigenvalue weighted by Crippen LogP contribution is 2.19. The third-order valence-electron chi connectivity index (χ3n) is 2.46. The molecule has 0 radical (unpaired) electrons. The van der Waals surface area contributed by atoms with Crippen LogP contribution in [0.15, 0.2) is 24.3 Å². The summed E-state index contributed by atoms with van der Waals surface area (Å²) < 4.78 is 15.0. The van der Waals surface area contributed by atoms with Crippen LogP contribution in [0.5, 0.6) is 5.75 Å². The van der Waals surface area contributed by atoms with Gasteiger partial charge in [0.15, 0.2) is 12.8 Å². The van der Waals surface area contributed by atoms with Crippen molar-refractivity contribution in [1.82, 2.24) is 5.32 Å². The van der Waals surface area contributed by atoms with Crippen LogP contribution >= 0.6 is 0 Å². The van der Waals surface area contributed by atoms with Crippen LogP contribution < -0.4 is 10.1 Å². The molecule has 1 aromatic carbocycles. The molecule has 0 aliphatic rings. The van der Waals surface area contributed by atoms with Crippen LogP contribution in [0.1, 0.15) is 32.4 Å². The molecule has 1 amide bonds. The van der Waals surface area contributed by atoms with Crippen LogP contribution in [0.25, 0.3) is 0 Å². The SMILES string of the molecule is COCOc1ccc(C(NC(=O)OC(C)(C)C)C(=O)O)cc1. The Labute approximate surface area is 129 Å². The van der Waals surface area contributed by atoms with E-state index >= 15 is 0 Å². The van der Waals surface area contributed by atoms with Crippen molar-refractivity contribution in [2.45, 2.75) is 32.4 Å². The molecular weight excluding hydrogens is 290 g/mol. The van der Waals surface area contributed by atoms with E-state index in [-0.39, 0.29) is 6.79 Å². The smallest absolute Gasteiger partial charge is 0.408 e. The molecular formula is C15H21NO6. The molecule has 1 aromatic rings. The Bertz CT molecular complexity index is 506. The topological polar surface area (TPSA) is 94.1 Å². The van der Waals surface area contributed by atoms with Gasteiger partial charge < -0.3 is 24.6 Å². The highest BCUT2D eigenvalue weighted by Gasteiger charge is 2.25. The van der Waals surface area contributed by atoms with Gasteiger partial charge in [-0.3, -0.25) is 0 Å². The van der Waals surface area contributed by atoms with Crippen LogP contribution in [-0.2, 0) is 14.3 Å². The van der Waals surface area contributed by atoms with Gasteiger partial charge in [-0.05, 0) is 38.5 Å². The summed E-state index contributed by atoms with van der Waals surface area (Å²) in [5, 5.41) is 11.6. The number of carboxylic acid groups (broad SMARTS) is 1. The largest absolute Gasteiger partial charge is 0.479 e. The minimum Gasteiger partial charge on any atom is -0.479 e. The molecule has 0 aliphatic heterocycles. The molecule has 0 bridgehead atoms. The first kappa shape index (κ1) is 17.8. The molecule has 0 aliphatic carbocycles. The van der Waals surface area contributed by atoms with Crippen molar-refractivity contribution in [1.29, 1.82) is 0 Å². The Morgan fingerprint density at radius 1 is 1.23 bits per heavy atom. The van der Waals surface area contributed by atoms with E-state index in [1.54, 1.807) is 45.0 Å². The number of methoxy groups -OCH3 is 1. The minimum atomic E-state index is -1.20. The lowest BCUT2D eigenvalue weighted by Crippen LogP contribution is -2.38. The van der Waals surface area contributed by atoms with Crippen LogP contribution in [0.2, 0.25) is 0 Å². The number of nitrogens with one attached hydrogen (secondary N) is 1. The number of carbonyl (C=O) groups is 2. The van der Waals surface area contributed by atoms with Crippen molar-refractivity contribution < 1.29 is 28.9 Å². The lowest BCUT2D eigenvalue weighted by Gasteiger charge is -2.22. The van der Waals surface area contributed by atoms with E-state index in [0.717, 1.165) is 0 Å². The molecule has 122 valence electrons.